The third kappa shape index (κ3) is 5.49. The first-order valence-electron chi connectivity index (χ1n) is 12.5. The summed E-state index contributed by atoms with van der Waals surface area (Å²) < 4.78 is 16.9. The average molecular weight is 496 g/mol. The van der Waals surface area contributed by atoms with Crippen LogP contribution in [0.3, 0.4) is 0 Å². The van der Waals surface area contributed by atoms with Gasteiger partial charge >= 0.3 is 5.97 Å². The monoisotopic (exact) mass is 495 g/mol. The standard InChI is InChI=1S/C31H29NO5/c1-2-35-27(33)21-36-25-16-9-11-22(19-25)20-31(34)18-10-17-26(31)30-32-28(23-12-5-3-6-13-23)29(37-30)24-14-7-4-8-15-24/h3-9,11-17,19,34H,2,10,18,20-21H2,1H3/t31-/m1/s1. The summed E-state index contributed by atoms with van der Waals surface area (Å²) >= 11 is 0. The molecule has 1 heterocycles. The number of aromatic nitrogens is 1. The van der Waals surface area contributed by atoms with Crippen LogP contribution in [0.4, 0.5) is 0 Å². The Balaban J connectivity index is 1.43. The number of benzene rings is 3. The van der Waals surface area contributed by atoms with Gasteiger partial charge in [0.05, 0.1) is 12.2 Å². The molecule has 0 unspecified atom stereocenters. The maximum Gasteiger partial charge on any atom is 0.344 e. The Hall–Kier alpha value is -4.16. The quantitative estimate of drug-likeness (QED) is 0.283. The number of rotatable bonds is 9. The Kier molecular flexibility index (Phi) is 7.19. The molecule has 0 saturated heterocycles. The van der Waals surface area contributed by atoms with Crippen molar-refractivity contribution in [1.82, 2.24) is 4.98 Å². The van der Waals surface area contributed by atoms with Crippen molar-refractivity contribution in [3.63, 3.8) is 0 Å². The van der Waals surface area contributed by atoms with Crippen molar-refractivity contribution in [2.24, 2.45) is 0 Å². The largest absolute Gasteiger partial charge is 0.482 e. The summed E-state index contributed by atoms with van der Waals surface area (Å²) in [5.74, 6) is 1.23. The van der Waals surface area contributed by atoms with E-state index in [1.165, 1.54) is 0 Å². The second-order valence-corrected chi connectivity index (χ2v) is 9.03. The fourth-order valence-electron chi connectivity index (χ4n) is 4.69. The Labute approximate surface area is 216 Å². The third-order valence-corrected chi connectivity index (χ3v) is 6.41. The van der Waals surface area contributed by atoms with Gasteiger partial charge in [-0.2, -0.15) is 0 Å². The molecular weight excluding hydrogens is 466 g/mol. The fraction of sp³-hybridized carbons (Fsp3) is 0.226. The third-order valence-electron chi connectivity index (χ3n) is 6.41. The number of allylic oxidation sites excluding steroid dienone is 1. The number of oxazole rings is 1. The summed E-state index contributed by atoms with van der Waals surface area (Å²) in [5, 5.41) is 11.8. The number of hydrogen-bond acceptors (Lipinski definition) is 6. The van der Waals surface area contributed by atoms with Gasteiger partial charge < -0.3 is 19.0 Å². The lowest BCUT2D eigenvalue weighted by Gasteiger charge is -2.25. The molecule has 1 N–H and O–H groups in total. The summed E-state index contributed by atoms with van der Waals surface area (Å²) in [6.45, 7) is 1.90. The van der Waals surface area contributed by atoms with E-state index in [1.807, 2.05) is 84.9 Å². The van der Waals surface area contributed by atoms with Crippen molar-refractivity contribution in [3.05, 3.63) is 102 Å². The van der Waals surface area contributed by atoms with E-state index in [-0.39, 0.29) is 6.61 Å². The highest BCUT2D eigenvalue weighted by atomic mass is 16.6. The SMILES string of the molecule is CCOC(=O)COc1cccc(C[C@]2(O)CCC=C2c2nc(-c3ccccc3)c(-c3ccccc3)o2)c1. The molecular formula is C31H29NO5. The highest BCUT2D eigenvalue weighted by molar-refractivity contribution is 5.80. The Morgan fingerprint density at radius 3 is 2.46 bits per heavy atom. The molecule has 0 spiro atoms. The van der Waals surface area contributed by atoms with Gasteiger partial charge in [-0.25, -0.2) is 9.78 Å². The molecule has 0 radical (unpaired) electrons. The predicted molar refractivity (Wildman–Crippen MR) is 142 cm³/mol. The molecule has 4 aromatic rings. The Morgan fingerprint density at radius 2 is 1.73 bits per heavy atom. The Morgan fingerprint density at radius 1 is 1.00 bits per heavy atom. The van der Waals surface area contributed by atoms with Crippen LogP contribution in [-0.4, -0.2) is 34.9 Å². The van der Waals surface area contributed by atoms with Crippen LogP contribution in [0.1, 0.15) is 31.2 Å². The van der Waals surface area contributed by atoms with Gasteiger partial charge in [0, 0.05) is 23.1 Å². The lowest BCUT2D eigenvalue weighted by Crippen LogP contribution is -2.30. The van der Waals surface area contributed by atoms with Crippen LogP contribution < -0.4 is 4.74 Å². The second kappa shape index (κ2) is 10.8. The average Bonchev–Trinajstić information content (AvgIpc) is 3.52. The van der Waals surface area contributed by atoms with Crippen LogP contribution in [0, 0.1) is 0 Å². The van der Waals surface area contributed by atoms with E-state index in [0.717, 1.165) is 22.4 Å². The van der Waals surface area contributed by atoms with Crippen LogP contribution in [-0.2, 0) is 16.0 Å². The smallest absolute Gasteiger partial charge is 0.344 e. The lowest BCUT2D eigenvalue weighted by molar-refractivity contribution is -0.145. The molecule has 0 fully saturated rings. The van der Waals surface area contributed by atoms with Crippen LogP contribution in [0.25, 0.3) is 28.2 Å². The predicted octanol–water partition coefficient (Wildman–Crippen LogP) is 6.10. The molecule has 5 rings (SSSR count). The summed E-state index contributed by atoms with van der Waals surface area (Å²) in [7, 11) is 0. The highest BCUT2D eigenvalue weighted by Crippen LogP contribution is 2.43. The molecule has 6 heteroatoms. The van der Waals surface area contributed by atoms with Crippen molar-refractivity contribution in [2.45, 2.75) is 31.8 Å². The number of hydrogen-bond donors (Lipinski definition) is 1. The lowest BCUT2D eigenvalue weighted by atomic mass is 9.88. The van der Waals surface area contributed by atoms with E-state index >= 15 is 0 Å². The van der Waals surface area contributed by atoms with Gasteiger partial charge in [-0.15, -0.1) is 0 Å². The van der Waals surface area contributed by atoms with E-state index in [9.17, 15) is 9.90 Å². The molecule has 37 heavy (non-hydrogen) atoms. The topological polar surface area (TPSA) is 81.8 Å². The van der Waals surface area contributed by atoms with Crippen LogP contribution in [0.15, 0.2) is 95.4 Å². The van der Waals surface area contributed by atoms with E-state index < -0.39 is 11.6 Å². The molecule has 6 nitrogen and oxygen atoms in total. The van der Waals surface area contributed by atoms with Gasteiger partial charge in [0.15, 0.2) is 12.4 Å². The van der Waals surface area contributed by atoms with Gasteiger partial charge in [0.2, 0.25) is 5.89 Å². The first-order chi connectivity index (χ1) is 18.1. The van der Waals surface area contributed by atoms with Crippen molar-refractivity contribution in [2.75, 3.05) is 13.2 Å². The minimum Gasteiger partial charge on any atom is -0.482 e. The minimum absolute atomic E-state index is 0.159. The van der Waals surface area contributed by atoms with E-state index in [1.54, 1.807) is 13.0 Å². The number of carbonyl (C=O) groups is 1. The fourth-order valence-corrected chi connectivity index (χ4v) is 4.69. The summed E-state index contributed by atoms with van der Waals surface area (Å²) in [6, 6.07) is 27.2. The van der Waals surface area contributed by atoms with Crippen molar-refractivity contribution < 1.29 is 23.8 Å². The molecule has 3 aromatic carbocycles. The van der Waals surface area contributed by atoms with E-state index in [0.29, 0.717) is 48.8 Å². The van der Waals surface area contributed by atoms with Crippen LogP contribution in [0.5, 0.6) is 5.75 Å². The number of esters is 1. The summed E-state index contributed by atoms with van der Waals surface area (Å²) in [5.41, 5.74) is 3.04. The van der Waals surface area contributed by atoms with Crippen LogP contribution >= 0.6 is 0 Å². The number of aliphatic hydroxyl groups is 1. The molecule has 1 atom stereocenters. The van der Waals surface area contributed by atoms with E-state index in [4.69, 9.17) is 18.9 Å². The maximum absolute atomic E-state index is 11.8. The molecule has 1 aromatic heterocycles. The van der Waals surface area contributed by atoms with Gasteiger partial charge in [-0.3, -0.25) is 0 Å². The molecule has 0 bridgehead atoms. The first kappa shape index (κ1) is 24.5. The highest BCUT2D eigenvalue weighted by Gasteiger charge is 2.39. The maximum atomic E-state index is 11.8. The molecule has 1 aliphatic carbocycles. The van der Waals surface area contributed by atoms with Gasteiger partial charge in [-0.05, 0) is 37.5 Å². The molecule has 188 valence electrons. The zero-order chi connectivity index (χ0) is 25.7. The zero-order valence-corrected chi connectivity index (χ0v) is 20.7. The minimum atomic E-state index is -1.15. The van der Waals surface area contributed by atoms with Gasteiger partial charge in [0.25, 0.3) is 0 Å². The number of ether oxygens (including phenoxy) is 2. The second-order valence-electron chi connectivity index (χ2n) is 9.03. The number of nitrogens with zero attached hydrogens (tertiary/aromatic N) is 1. The van der Waals surface area contributed by atoms with Crippen molar-refractivity contribution in [3.8, 4) is 28.3 Å². The molecule has 1 aliphatic rings. The van der Waals surface area contributed by atoms with Gasteiger partial charge in [0.1, 0.15) is 11.4 Å². The van der Waals surface area contributed by atoms with E-state index in [2.05, 4.69) is 0 Å². The summed E-state index contributed by atoms with van der Waals surface area (Å²) in [6.07, 6.45) is 3.64. The van der Waals surface area contributed by atoms with Gasteiger partial charge in [-0.1, -0.05) is 78.9 Å². The molecule has 0 amide bonds. The molecule has 0 saturated carbocycles. The number of carbonyl (C=O) groups excluding carboxylic acids is 1. The summed E-state index contributed by atoms with van der Waals surface area (Å²) in [4.78, 5) is 16.5. The molecule has 0 aliphatic heterocycles. The van der Waals surface area contributed by atoms with Crippen molar-refractivity contribution >= 4 is 11.5 Å². The van der Waals surface area contributed by atoms with Crippen molar-refractivity contribution in [1.29, 1.82) is 0 Å². The Bertz CT molecular complexity index is 1340. The normalized spacial score (nSPS) is 16.9. The first-order valence-corrected chi connectivity index (χ1v) is 12.5. The van der Waals surface area contributed by atoms with Crippen LogP contribution in [0.2, 0.25) is 0 Å². The zero-order valence-electron chi connectivity index (χ0n) is 20.7.